The van der Waals surface area contributed by atoms with E-state index in [1.165, 1.54) is 50.6 Å². The minimum atomic E-state index is -3.84. The molecule has 0 aromatic heterocycles. The van der Waals surface area contributed by atoms with Crippen LogP contribution in [0.3, 0.4) is 0 Å². The van der Waals surface area contributed by atoms with Crippen molar-refractivity contribution in [3.8, 4) is 0 Å². The monoisotopic (exact) mass is 424 g/mol. The number of rotatable bonds is 6. The Hall–Kier alpha value is -3.65. The molecule has 3 rings (SSSR count). The fourth-order valence-electron chi connectivity index (χ4n) is 2.74. The minimum Gasteiger partial charge on any atom is -0.465 e. The van der Waals surface area contributed by atoms with Crippen molar-refractivity contribution < 1.29 is 22.7 Å². The first-order valence-electron chi connectivity index (χ1n) is 8.96. The quantitative estimate of drug-likeness (QED) is 0.611. The van der Waals surface area contributed by atoms with Crippen LogP contribution < -0.4 is 9.62 Å². The summed E-state index contributed by atoms with van der Waals surface area (Å²) >= 11 is 0. The lowest BCUT2D eigenvalue weighted by Crippen LogP contribution is -2.26. The molecule has 0 bridgehead atoms. The molecule has 8 heteroatoms. The highest BCUT2D eigenvalue weighted by molar-refractivity contribution is 7.92. The normalized spacial score (nSPS) is 10.9. The van der Waals surface area contributed by atoms with Crippen LogP contribution in [0.5, 0.6) is 0 Å². The fraction of sp³-hybridized carbons (Fsp3) is 0.0909. The molecular formula is C22H20N2O5S. The summed E-state index contributed by atoms with van der Waals surface area (Å²) in [5.41, 5.74) is 1.52. The third-order valence-corrected chi connectivity index (χ3v) is 6.22. The molecule has 3 aromatic rings. The van der Waals surface area contributed by atoms with Crippen LogP contribution in [-0.2, 0) is 14.8 Å². The van der Waals surface area contributed by atoms with Crippen LogP contribution in [-0.4, -0.2) is 34.5 Å². The summed E-state index contributed by atoms with van der Waals surface area (Å²) in [6, 6.07) is 20.7. The average molecular weight is 424 g/mol. The Kier molecular flexibility index (Phi) is 6.17. The Morgan fingerprint density at radius 2 is 1.53 bits per heavy atom. The molecule has 0 saturated carbocycles. The van der Waals surface area contributed by atoms with Crippen LogP contribution in [0, 0.1) is 0 Å². The van der Waals surface area contributed by atoms with Gasteiger partial charge in [-0.1, -0.05) is 24.3 Å². The largest absolute Gasteiger partial charge is 0.465 e. The van der Waals surface area contributed by atoms with Crippen LogP contribution in [0.1, 0.15) is 20.7 Å². The van der Waals surface area contributed by atoms with E-state index in [1.54, 1.807) is 42.5 Å². The lowest BCUT2D eigenvalue weighted by Gasteiger charge is -2.19. The number of anilines is 2. The molecular weight excluding hydrogens is 404 g/mol. The van der Waals surface area contributed by atoms with Gasteiger partial charge < -0.3 is 10.1 Å². The number of benzene rings is 3. The van der Waals surface area contributed by atoms with Gasteiger partial charge in [0.2, 0.25) is 0 Å². The molecule has 0 fully saturated rings. The highest BCUT2D eigenvalue weighted by atomic mass is 32.2. The molecule has 0 saturated heterocycles. The highest BCUT2D eigenvalue weighted by Crippen LogP contribution is 2.22. The number of hydrogen-bond donors (Lipinski definition) is 1. The number of nitrogens with zero attached hydrogens (tertiary/aromatic N) is 1. The van der Waals surface area contributed by atoms with E-state index in [9.17, 15) is 18.0 Å². The van der Waals surface area contributed by atoms with Gasteiger partial charge in [-0.05, 0) is 54.6 Å². The molecule has 0 unspecified atom stereocenters. The molecule has 154 valence electrons. The smallest absolute Gasteiger partial charge is 0.337 e. The molecule has 1 amide bonds. The number of methoxy groups -OCH3 is 1. The molecule has 0 atom stereocenters. The number of sulfonamides is 1. The van der Waals surface area contributed by atoms with E-state index in [0.29, 0.717) is 16.9 Å². The maximum Gasteiger partial charge on any atom is 0.337 e. The number of ether oxygens (including phenoxy) is 1. The summed E-state index contributed by atoms with van der Waals surface area (Å²) in [6.45, 7) is 0. The molecule has 0 aliphatic carbocycles. The van der Waals surface area contributed by atoms with E-state index in [1.807, 2.05) is 0 Å². The standard InChI is InChI=1S/C22H20N2O5S/c1-24(19-8-4-3-5-9-19)30(27,28)20-10-6-7-17(15-20)21(25)23-18-13-11-16(12-14-18)22(26)29-2/h3-15H,1-2H3,(H,23,25). The lowest BCUT2D eigenvalue weighted by atomic mass is 10.2. The summed E-state index contributed by atoms with van der Waals surface area (Å²) in [5, 5.41) is 2.68. The van der Waals surface area contributed by atoms with E-state index >= 15 is 0 Å². The van der Waals surface area contributed by atoms with E-state index in [0.717, 1.165) is 4.31 Å². The first-order chi connectivity index (χ1) is 14.3. The van der Waals surface area contributed by atoms with Crippen LogP contribution >= 0.6 is 0 Å². The molecule has 7 nitrogen and oxygen atoms in total. The predicted octanol–water partition coefficient (Wildman–Crippen LogP) is 3.55. The summed E-state index contributed by atoms with van der Waals surface area (Å²) < 4.78 is 31.7. The van der Waals surface area contributed by atoms with Crippen molar-refractivity contribution in [3.63, 3.8) is 0 Å². The van der Waals surface area contributed by atoms with Crippen molar-refractivity contribution in [2.75, 3.05) is 23.8 Å². The number of carbonyl (C=O) groups excluding carboxylic acids is 2. The number of amides is 1. The van der Waals surface area contributed by atoms with Crippen molar-refractivity contribution in [2.45, 2.75) is 4.90 Å². The number of esters is 1. The van der Waals surface area contributed by atoms with Crippen molar-refractivity contribution in [1.82, 2.24) is 0 Å². The van der Waals surface area contributed by atoms with Gasteiger partial charge in [0.1, 0.15) is 0 Å². The van der Waals surface area contributed by atoms with Gasteiger partial charge in [-0.25, -0.2) is 13.2 Å². The fourth-order valence-corrected chi connectivity index (χ4v) is 3.99. The Bertz CT molecular complexity index is 1160. The second-order valence-corrected chi connectivity index (χ2v) is 8.33. The summed E-state index contributed by atoms with van der Waals surface area (Å²) in [4.78, 5) is 24.1. The van der Waals surface area contributed by atoms with Crippen molar-refractivity contribution in [3.05, 3.63) is 90.0 Å². The van der Waals surface area contributed by atoms with Gasteiger partial charge in [0, 0.05) is 18.3 Å². The molecule has 0 aliphatic heterocycles. The Morgan fingerprint density at radius 3 is 2.17 bits per heavy atom. The lowest BCUT2D eigenvalue weighted by molar-refractivity contribution is 0.0600. The van der Waals surface area contributed by atoms with E-state index in [2.05, 4.69) is 10.1 Å². The second kappa shape index (κ2) is 8.79. The minimum absolute atomic E-state index is 0.00235. The Labute approximate surface area is 175 Å². The number of nitrogens with one attached hydrogen (secondary N) is 1. The zero-order chi connectivity index (χ0) is 21.7. The molecule has 0 aliphatic rings. The Balaban J connectivity index is 1.81. The van der Waals surface area contributed by atoms with Crippen molar-refractivity contribution in [1.29, 1.82) is 0 Å². The third kappa shape index (κ3) is 4.49. The first kappa shape index (κ1) is 21.1. The molecule has 0 spiro atoms. The molecule has 30 heavy (non-hydrogen) atoms. The summed E-state index contributed by atoms with van der Waals surface area (Å²) in [5.74, 6) is -0.950. The first-order valence-corrected chi connectivity index (χ1v) is 10.4. The van der Waals surface area contributed by atoms with Crippen molar-refractivity contribution >= 4 is 33.3 Å². The maximum absolute atomic E-state index is 12.9. The molecule has 3 aromatic carbocycles. The molecule has 0 radical (unpaired) electrons. The van der Waals surface area contributed by atoms with Crippen LogP contribution in [0.2, 0.25) is 0 Å². The molecule has 0 heterocycles. The van der Waals surface area contributed by atoms with Gasteiger partial charge in [-0.3, -0.25) is 9.10 Å². The third-order valence-electron chi connectivity index (χ3n) is 4.44. The maximum atomic E-state index is 12.9. The summed E-state index contributed by atoms with van der Waals surface area (Å²) in [6.07, 6.45) is 0. The average Bonchev–Trinajstić information content (AvgIpc) is 2.79. The van der Waals surface area contributed by atoms with Crippen molar-refractivity contribution in [2.24, 2.45) is 0 Å². The molecule has 1 N–H and O–H groups in total. The Morgan fingerprint density at radius 1 is 0.867 bits per heavy atom. The highest BCUT2D eigenvalue weighted by Gasteiger charge is 2.22. The predicted molar refractivity (Wildman–Crippen MR) is 114 cm³/mol. The van der Waals surface area contributed by atoms with Crippen LogP contribution in [0.4, 0.5) is 11.4 Å². The number of carbonyl (C=O) groups is 2. The van der Waals surface area contributed by atoms with Gasteiger partial charge in [-0.15, -0.1) is 0 Å². The van der Waals surface area contributed by atoms with Gasteiger partial charge in [-0.2, -0.15) is 0 Å². The zero-order valence-electron chi connectivity index (χ0n) is 16.4. The second-order valence-electron chi connectivity index (χ2n) is 6.36. The van der Waals surface area contributed by atoms with E-state index in [4.69, 9.17) is 0 Å². The van der Waals surface area contributed by atoms with Crippen LogP contribution in [0.15, 0.2) is 83.8 Å². The van der Waals surface area contributed by atoms with Gasteiger partial charge in [0.15, 0.2) is 0 Å². The summed E-state index contributed by atoms with van der Waals surface area (Å²) in [7, 11) is -1.09. The zero-order valence-corrected chi connectivity index (χ0v) is 17.2. The number of para-hydroxylation sites is 1. The topological polar surface area (TPSA) is 92.8 Å². The van der Waals surface area contributed by atoms with Gasteiger partial charge in [0.05, 0.1) is 23.3 Å². The van der Waals surface area contributed by atoms with Crippen LogP contribution in [0.25, 0.3) is 0 Å². The van der Waals surface area contributed by atoms with Gasteiger partial charge in [0.25, 0.3) is 15.9 Å². The number of hydrogen-bond acceptors (Lipinski definition) is 5. The van der Waals surface area contributed by atoms with E-state index < -0.39 is 21.9 Å². The van der Waals surface area contributed by atoms with Gasteiger partial charge >= 0.3 is 5.97 Å². The van der Waals surface area contributed by atoms with E-state index in [-0.39, 0.29) is 10.5 Å². The SMILES string of the molecule is COC(=O)c1ccc(NC(=O)c2cccc(S(=O)(=O)N(C)c3ccccc3)c2)cc1.